The summed E-state index contributed by atoms with van der Waals surface area (Å²) in [6.45, 7) is 6.70. The molecular formula is C13H23N3. The van der Waals surface area contributed by atoms with Crippen LogP contribution in [0.15, 0.2) is 0 Å². The lowest BCUT2D eigenvalue weighted by Gasteiger charge is -2.21. The van der Waals surface area contributed by atoms with Gasteiger partial charge in [0.2, 0.25) is 0 Å². The highest BCUT2D eigenvalue weighted by Crippen LogP contribution is 2.17. The fourth-order valence-electron chi connectivity index (χ4n) is 2.50. The molecule has 0 radical (unpaired) electrons. The Kier molecular flexibility index (Phi) is 3.99. The summed E-state index contributed by atoms with van der Waals surface area (Å²) in [4.78, 5) is 8.16. The summed E-state index contributed by atoms with van der Waals surface area (Å²) in [6, 6.07) is 0. The first-order valence-corrected chi connectivity index (χ1v) is 6.54. The van der Waals surface area contributed by atoms with E-state index < -0.39 is 0 Å². The van der Waals surface area contributed by atoms with Crippen LogP contribution in [-0.4, -0.2) is 23.1 Å². The van der Waals surface area contributed by atoms with Crippen LogP contribution >= 0.6 is 0 Å². The van der Waals surface area contributed by atoms with Crippen LogP contribution in [0.25, 0.3) is 0 Å². The van der Waals surface area contributed by atoms with E-state index in [9.17, 15) is 0 Å². The molecule has 0 unspecified atom stereocenters. The van der Waals surface area contributed by atoms with Gasteiger partial charge < -0.3 is 10.3 Å². The first-order chi connectivity index (χ1) is 7.79. The quantitative estimate of drug-likeness (QED) is 0.818. The molecule has 1 aliphatic heterocycles. The Bertz CT molecular complexity index is 324. The predicted octanol–water partition coefficient (Wildman–Crippen LogP) is 2.21. The molecular weight excluding hydrogens is 198 g/mol. The second kappa shape index (κ2) is 5.48. The normalized spacial score (nSPS) is 17.9. The number of aromatic amines is 1. The van der Waals surface area contributed by atoms with Crippen molar-refractivity contribution in [2.24, 2.45) is 5.92 Å². The van der Waals surface area contributed by atoms with E-state index in [4.69, 9.17) is 4.98 Å². The SMILES string of the molecule is CCCc1nc(CC2CCNCC2)[nH]c1C. The van der Waals surface area contributed by atoms with Gasteiger partial charge in [0.15, 0.2) is 0 Å². The number of H-pyrrole nitrogens is 1. The Labute approximate surface area is 98.1 Å². The van der Waals surface area contributed by atoms with Crippen LogP contribution in [0, 0.1) is 12.8 Å². The molecule has 0 atom stereocenters. The molecule has 16 heavy (non-hydrogen) atoms. The van der Waals surface area contributed by atoms with E-state index in [2.05, 4.69) is 24.1 Å². The van der Waals surface area contributed by atoms with Crippen molar-refractivity contribution in [1.29, 1.82) is 0 Å². The molecule has 2 N–H and O–H groups in total. The zero-order valence-electron chi connectivity index (χ0n) is 10.5. The number of imidazole rings is 1. The van der Waals surface area contributed by atoms with Gasteiger partial charge in [0, 0.05) is 12.1 Å². The zero-order chi connectivity index (χ0) is 11.4. The maximum atomic E-state index is 4.72. The molecule has 0 saturated carbocycles. The maximum absolute atomic E-state index is 4.72. The van der Waals surface area contributed by atoms with Crippen LogP contribution in [0.2, 0.25) is 0 Å². The predicted molar refractivity (Wildman–Crippen MR) is 66.6 cm³/mol. The third-order valence-electron chi connectivity index (χ3n) is 3.46. The molecule has 0 bridgehead atoms. The Balaban J connectivity index is 1.95. The lowest BCUT2D eigenvalue weighted by atomic mass is 9.94. The molecule has 2 heterocycles. The monoisotopic (exact) mass is 221 g/mol. The summed E-state index contributed by atoms with van der Waals surface area (Å²) in [6.07, 6.45) is 6.00. The summed E-state index contributed by atoms with van der Waals surface area (Å²) in [5, 5.41) is 3.41. The van der Waals surface area contributed by atoms with Crippen molar-refractivity contribution in [2.45, 2.75) is 46.0 Å². The highest BCUT2D eigenvalue weighted by molar-refractivity contribution is 5.13. The average Bonchev–Trinajstić information content (AvgIpc) is 2.61. The van der Waals surface area contributed by atoms with Gasteiger partial charge in [-0.1, -0.05) is 13.3 Å². The van der Waals surface area contributed by atoms with Crippen molar-refractivity contribution in [2.75, 3.05) is 13.1 Å². The first-order valence-electron chi connectivity index (χ1n) is 6.54. The number of rotatable bonds is 4. The van der Waals surface area contributed by atoms with E-state index in [0.29, 0.717) is 0 Å². The minimum Gasteiger partial charge on any atom is -0.346 e. The van der Waals surface area contributed by atoms with Crippen LogP contribution in [0.3, 0.4) is 0 Å². The smallest absolute Gasteiger partial charge is 0.106 e. The summed E-state index contributed by atoms with van der Waals surface area (Å²) in [7, 11) is 0. The largest absolute Gasteiger partial charge is 0.346 e. The average molecular weight is 221 g/mol. The number of nitrogens with one attached hydrogen (secondary N) is 2. The molecule has 1 aliphatic rings. The molecule has 0 spiro atoms. The van der Waals surface area contributed by atoms with E-state index in [-0.39, 0.29) is 0 Å². The maximum Gasteiger partial charge on any atom is 0.106 e. The van der Waals surface area contributed by atoms with Gasteiger partial charge in [-0.2, -0.15) is 0 Å². The number of hydrogen-bond acceptors (Lipinski definition) is 2. The molecule has 1 saturated heterocycles. The second-order valence-electron chi connectivity index (χ2n) is 4.90. The Morgan fingerprint density at radius 2 is 2.06 bits per heavy atom. The van der Waals surface area contributed by atoms with Crippen molar-refractivity contribution in [3.63, 3.8) is 0 Å². The number of aryl methyl sites for hydroxylation is 2. The molecule has 90 valence electrons. The van der Waals surface area contributed by atoms with Crippen LogP contribution in [0.4, 0.5) is 0 Å². The molecule has 0 aromatic carbocycles. The minimum atomic E-state index is 0.821. The highest BCUT2D eigenvalue weighted by atomic mass is 14.9. The third kappa shape index (κ3) is 2.85. The van der Waals surface area contributed by atoms with E-state index in [0.717, 1.165) is 18.8 Å². The molecule has 3 heteroatoms. The van der Waals surface area contributed by atoms with Crippen LogP contribution in [-0.2, 0) is 12.8 Å². The number of piperidine rings is 1. The van der Waals surface area contributed by atoms with Gasteiger partial charge in [-0.15, -0.1) is 0 Å². The molecule has 1 fully saturated rings. The third-order valence-corrected chi connectivity index (χ3v) is 3.46. The highest BCUT2D eigenvalue weighted by Gasteiger charge is 2.15. The van der Waals surface area contributed by atoms with Gasteiger partial charge in [0.1, 0.15) is 5.82 Å². The van der Waals surface area contributed by atoms with E-state index in [1.54, 1.807) is 0 Å². The Morgan fingerprint density at radius 1 is 1.31 bits per heavy atom. The van der Waals surface area contributed by atoms with Crippen molar-refractivity contribution in [3.05, 3.63) is 17.2 Å². The molecule has 0 amide bonds. The van der Waals surface area contributed by atoms with Crippen LogP contribution in [0.5, 0.6) is 0 Å². The molecule has 2 rings (SSSR count). The van der Waals surface area contributed by atoms with Gasteiger partial charge in [-0.05, 0) is 45.2 Å². The standard InChI is InChI=1S/C13H23N3/c1-3-4-12-10(2)15-13(16-12)9-11-5-7-14-8-6-11/h11,14H,3-9H2,1-2H3,(H,15,16). The first kappa shape index (κ1) is 11.6. The lowest BCUT2D eigenvalue weighted by molar-refractivity contribution is 0.368. The van der Waals surface area contributed by atoms with E-state index >= 15 is 0 Å². The molecule has 1 aromatic rings. The van der Waals surface area contributed by atoms with Crippen LogP contribution < -0.4 is 5.32 Å². The molecule has 3 nitrogen and oxygen atoms in total. The van der Waals surface area contributed by atoms with Crippen LogP contribution in [0.1, 0.15) is 43.4 Å². The van der Waals surface area contributed by atoms with Crippen molar-refractivity contribution in [1.82, 2.24) is 15.3 Å². The van der Waals surface area contributed by atoms with Crippen molar-refractivity contribution in [3.8, 4) is 0 Å². The lowest BCUT2D eigenvalue weighted by Crippen LogP contribution is -2.28. The number of aromatic nitrogens is 2. The zero-order valence-corrected chi connectivity index (χ0v) is 10.5. The summed E-state index contributed by atoms with van der Waals surface area (Å²) < 4.78 is 0. The number of hydrogen-bond donors (Lipinski definition) is 2. The van der Waals surface area contributed by atoms with Gasteiger partial charge in [0.05, 0.1) is 5.69 Å². The van der Waals surface area contributed by atoms with Crippen molar-refractivity contribution >= 4 is 0 Å². The summed E-state index contributed by atoms with van der Waals surface area (Å²) in [5.74, 6) is 2.02. The fraction of sp³-hybridized carbons (Fsp3) is 0.769. The fourth-order valence-corrected chi connectivity index (χ4v) is 2.50. The molecule has 1 aromatic heterocycles. The van der Waals surface area contributed by atoms with Gasteiger partial charge in [-0.3, -0.25) is 0 Å². The van der Waals surface area contributed by atoms with Gasteiger partial charge >= 0.3 is 0 Å². The second-order valence-corrected chi connectivity index (χ2v) is 4.90. The summed E-state index contributed by atoms with van der Waals surface area (Å²) in [5.41, 5.74) is 2.54. The topological polar surface area (TPSA) is 40.7 Å². The Hall–Kier alpha value is -0.830. The van der Waals surface area contributed by atoms with Gasteiger partial charge in [-0.25, -0.2) is 4.98 Å². The molecule has 0 aliphatic carbocycles. The van der Waals surface area contributed by atoms with E-state index in [1.165, 1.54) is 49.6 Å². The minimum absolute atomic E-state index is 0.821. The van der Waals surface area contributed by atoms with Crippen molar-refractivity contribution < 1.29 is 0 Å². The summed E-state index contributed by atoms with van der Waals surface area (Å²) >= 11 is 0. The van der Waals surface area contributed by atoms with Gasteiger partial charge in [0.25, 0.3) is 0 Å². The number of nitrogens with zero attached hydrogens (tertiary/aromatic N) is 1. The van der Waals surface area contributed by atoms with E-state index in [1.807, 2.05) is 0 Å². The Morgan fingerprint density at radius 3 is 2.75 bits per heavy atom.